The van der Waals surface area contributed by atoms with Gasteiger partial charge in [0.15, 0.2) is 0 Å². The van der Waals surface area contributed by atoms with E-state index in [1.807, 2.05) is 0 Å². The standard InChI is InChI=1S/2Al.12O.2Ti.5Zn/q;;;;;;2*-2;6*-1;;;5*+2. The molecule has 0 aromatic carbocycles. The third kappa shape index (κ3) is 683. The summed E-state index contributed by atoms with van der Waals surface area (Å²) >= 11 is -11.7. The first kappa shape index (κ1) is 73.2. The maximum atomic E-state index is 8.58. The second kappa shape index (κ2) is 87.6. The summed E-state index contributed by atoms with van der Waals surface area (Å²) in [6.07, 6.45) is 0. The van der Waals surface area contributed by atoms with E-state index in [9.17, 15) is 0 Å². The molecule has 0 N–H and O–H groups in total. The van der Waals surface area contributed by atoms with Crippen molar-refractivity contribution in [2.45, 2.75) is 0 Å². The van der Waals surface area contributed by atoms with Crippen molar-refractivity contribution in [3.63, 3.8) is 0 Å². The van der Waals surface area contributed by atoms with E-state index >= 15 is 0 Å². The molecular weight excluding hydrogens is 669 g/mol. The molecule has 0 saturated carbocycles. The van der Waals surface area contributed by atoms with Crippen molar-refractivity contribution in [1.29, 1.82) is 0 Å². The number of hydrogen-bond donors (Lipinski definition) is 0. The normalized spacial score (nSPS) is 3.24. The quantitative estimate of drug-likeness (QED) is 0.220. The first-order chi connectivity index (χ1) is 6.29. The molecule has 0 aliphatic carbocycles. The van der Waals surface area contributed by atoms with Gasteiger partial charge >= 0.3 is 203 Å². The zero-order valence-corrected chi connectivity index (χ0v) is 30.9. The van der Waals surface area contributed by atoms with E-state index in [2.05, 4.69) is 0 Å². The molecule has 0 aromatic rings. The van der Waals surface area contributed by atoms with Crippen molar-refractivity contribution in [3.05, 3.63) is 0 Å². The summed E-state index contributed by atoms with van der Waals surface area (Å²) in [6.45, 7) is 0. The van der Waals surface area contributed by atoms with Crippen LogP contribution >= 0.6 is 0 Å². The van der Waals surface area contributed by atoms with Gasteiger partial charge in [0.05, 0.1) is 0 Å². The topological polar surface area (TPSA) is 264 Å². The summed E-state index contributed by atoms with van der Waals surface area (Å²) in [6, 6.07) is 0. The average molecular weight is 669 g/mol. The van der Waals surface area contributed by atoms with Crippen LogP contribution < -0.4 is 23.1 Å². The molecule has 0 radical (unpaired) electrons. The fourth-order valence-electron chi connectivity index (χ4n) is 0. The Hall–Kier alpha value is 4.17. The van der Waals surface area contributed by atoms with Crippen LogP contribution in [0.5, 0.6) is 0 Å². The van der Waals surface area contributed by atoms with Crippen molar-refractivity contribution in [2.24, 2.45) is 0 Å². The van der Waals surface area contributed by atoms with E-state index in [0.717, 1.165) is 0 Å². The minimum absolute atomic E-state index is 0. The van der Waals surface area contributed by atoms with Gasteiger partial charge in [-0.2, -0.15) is 0 Å². The van der Waals surface area contributed by atoms with E-state index in [1.54, 1.807) is 0 Å². The fourth-order valence-corrected chi connectivity index (χ4v) is 0. The van der Waals surface area contributed by atoms with Crippen LogP contribution in [0.4, 0.5) is 0 Å². The maximum absolute atomic E-state index is 8.58. The van der Waals surface area contributed by atoms with Crippen LogP contribution in [0.25, 0.3) is 0 Å². The predicted molar refractivity (Wildman–Crippen MR) is 15.6 cm³/mol. The molecule has 0 amide bonds. The predicted octanol–water partition coefficient (Wildman–Crippen LogP) is -8.63. The molecule has 0 saturated heterocycles. The van der Waals surface area contributed by atoms with Gasteiger partial charge in [-0.15, -0.1) is 0 Å². The van der Waals surface area contributed by atoms with E-state index in [4.69, 9.17) is 37.3 Å². The summed E-state index contributed by atoms with van der Waals surface area (Å²) in [5.41, 5.74) is 0. The van der Waals surface area contributed by atoms with Crippen LogP contribution in [0, 0.1) is 0 Å². The van der Waals surface area contributed by atoms with Gasteiger partial charge in [0.25, 0.3) is 0 Å². The largest absolute Gasteiger partial charge is 2.00 e. The molecule has 0 aliphatic heterocycles. The van der Waals surface area contributed by atoms with Gasteiger partial charge in [0.2, 0.25) is 0 Å². The van der Waals surface area contributed by atoms with Crippen LogP contribution in [-0.4, -0.2) is 31.0 Å². The van der Waals surface area contributed by atoms with Crippen LogP contribution in [0.2, 0.25) is 0 Å². The molecular formula is Al2O12Ti2Zn5. The summed E-state index contributed by atoms with van der Waals surface area (Å²) in [5, 5.41) is 0. The second-order valence-corrected chi connectivity index (χ2v) is 2.64. The van der Waals surface area contributed by atoms with Gasteiger partial charge in [0, 0.05) is 0 Å². The Morgan fingerprint density at radius 1 is 0.571 bits per heavy atom. The Bertz CT molecular complexity index is 146. The molecule has 0 aromatic heterocycles. The molecule has 0 fully saturated rings. The summed E-state index contributed by atoms with van der Waals surface area (Å²) in [5.74, 6) is 0. The van der Waals surface area contributed by atoms with Crippen molar-refractivity contribution in [2.75, 3.05) is 0 Å². The Labute approximate surface area is 210 Å². The molecule has 0 unspecified atom stereocenters. The van der Waals surface area contributed by atoms with Crippen molar-refractivity contribution < 1.29 is 183 Å². The summed E-state index contributed by atoms with van der Waals surface area (Å²) < 4.78 is 85.3. The number of rotatable bonds is 0. The first-order valence-electron chi connectivity index (χ1n) is 2.17. The molecule has 0 rings (SSSR count). The second-order valence-electron chi connectivity index (χ2n) is 0.692. The fraction of sp³-hybridized carbons (Fsp3) is 0. The molecule has 21 heteroatoms. The Kier molecular flexibility index (Phi) is 306. The van der Waals surface area contributed by atoms with E-state index in [-0.39, 0.29) is 108 Å². The SMILES string of the molecule is [O-2].[O-2].[O]=[Al][O-].[O]=[Al][O-].[O]=[Ti]([O-])[O-].[O]=[Ti]([O-])[O-].[Zn+2].[Zn+2].[Zn+2].[Zn+2].[Zn+2]. The van der Waals surface area contributed by atoms with E-state index in [1.165, 1.54) is 0 Å². The van der Waals surface area contributed by atoms with Crippen molar-refractivity contribution in [1.82, 2.24) is 0 Å². The van der Waals surface area contributed by atoms with Crippen LogP contribution in [0.3, 0.4) is 0 Å². The number of hydrogen-bond acceptors (Lipinski definition) is 10. The van der Waals surface area contributed by atoms with E-state index < -0.39 is 68.2 Å². The Balaban J connectivity index is -0.00000000639. The van der Waals surface area contributed by atoms with Crippen LogP contribution in [0.1, 0.15) is 0 Å². The van der Waals surface area contributed by atoms with Crippen molar-refractivity contribution in [3.8, 4) is 0 Å². The monoisotopic (exact) mass is 661 g/mol. The molecule has 0 atom stereocenters. The molecule has 0 heterocycles. The van der Waals surface area contributed by atoms with Gasteiger partial charge in [-0.1, -0.05) is 0 Å². The zero-order chi connectivity index (χ0) is 12.6. The Morgan fingerprint density at radius 3 is 0.571 bits per heavy atom. The Morgan fingerprint density at radius 2 is 0.571 bits per heavy atom. The minimum Gasteiger partial charge on any atom is 2.00 e. The van der Waals surface area contributed by atoms with E-state index in [0.29, 0.717) is 0 Å². The minimum atomic E-state index is -4.08. The van der Waals surface area contributed by atoms with Crippen molar-refractivity contribution >= 4 is 31.0 Å². The first-order valence-corrected chi connectivity index (χ1v) is 7.88. The average Bonchev–Trinajstić information content (AvgIpc) is 1.85. The maximum Gasteiger partial charge on any atom is 2.00 e. The van der Waals surface area contributed by atoms with Crippen LogP contribution in [0.15, 0.2) is 0 Å². The van der Waals surface area contributed by atoms with Gasteiger partial charge in [-0.05, 0) is 0 Å². The smallest absolute Gasteiger partial charge is 2.00 e. The molecule has 0 spiro atoms. The summed E-state index contributed by atoms with van der Waals surface area (Å²) in [7, 11) is 0. The zero-order valence-electron chi connectivity index (χ0n) is 10.6. The van der Waals surface area contributed by atoms with Gasteiger partial charge in [-0.25, -0.2) is 0 Å². The van der Waals surface area contributed by atoms with Gasteiger partial charge in [0.1, 0.15) is 0 Å². The third-order valence-electron chi connectivity index (χ3n) is 0. The molecule has 0 aliphatic rings. The van der Waals surface area contributed by atoms with Gasteiger partial charge in [-0.3, -0.25) is 0 Å². The molecule has 96 valence electrons. The molecule has 0 bridgehead atoms. The summed E-state index contributed by atoms with van der Waals surface area (Å²) in [4.78, 5) is 0. The van der Waals surface area contributed by atoms with Crippen LogP contribution in [-0.2, 0) is 160 Å². The molecule has 12 nitrogen and oxygen atoms in total. The molecule has 21 heavy (non-hydrogen) atoms. The third-order valence-corrected chi connectivity index (χ3v) is 0. The van der Waals surface area contributed by atoms with Gasteiger partial charge < -0.3 is 11.0 Å².